The monoisotopic (exact) mass is 283 g/mol. The first kappa shape index (κ1) is 11.6. The number of hydrogen-bond acceptors (Lipinski definition) is 2. The van der Waals surface area contributed by atoms with Crippen LogP contribution in [-0.4, -0.2) is 35.1 Å². The van der Waals surface area contributed by atoms with Gasteiger partial charge in [-0.25, -0.2) is 0 Å². The fourth-order valence-corrected chi connectivity index (χ4v) is 2.40. The van der Waals surface area contributed by atoms with Crippen LogP contribution in [0.5, 0.6) is 0 Å². The van der Waals surface area contributed by atoms with E-state index in [9.17, 15) is 9.90 Å². The van der Waals surface area contributed by atoms with E-state index >= 15 is 0 Å². The van der Waals surface area contributed by atoms with Gasteiger partial charge in [0.25, 0.3) is 5.91 Å². The van der Waals surface area contributed by atoms with Crippen molar-refractivity contribution in [2.75, 3.05) is 13.1 Å². The Morgan fingerprint density at radius 2 is 2.19 bits per heavy atom. The van der Waals surface area contributed by atoms with Gasteiger partial charge in [0.1, 0.15) is 0 Å². The van der Waals surface area contributed by atoms with Crippen molar-refractivity contribution in [3.8, 4) is 0 Å². The Kier molecular flexibility index (Phi) is 3.61. The number of carbonyl (C=O) groups is 1. The van der Waals surface area contributed by atoms with Gasteiger partial charge in [0.05, 0.1) is 11.7 Å². The third-order valence-corrected chi connectivity index (χ3v) is 3.48. The Morgan fingerprint density at radius 3 is 2.88 bits per heavy atom. The average molecular weight is 284 g/mol. The van der Waals surface area contributed by atoms with E-state index in [-0.39, 0.29) is 12.0 Å². The second-order valence-corrected chi connectivity index (χ2v) is 4.88. The molecule has 1 aromatic rings. The van der Waals surface area contributed by atoms with Crippen molar-refractivity contribution in [2.24, 2.45) is 0 Å². The van der Waals surface area contributed by atoms with Crippen molar-refractivity contribution >= 4 is 21.8 Å². The van der Waals surface area contributed by atoms with Crippen molar-refractivity contribution in [1.82, 2.24) is 4.90 Å². The number of carbonyl (C=O) groups excluding carboxylic acids is 1. The predicted molar refractivity (Wildman–Crippen MR) is 65.3 cm³/mol. The van der Waals surface area contributed by atoms with E-state index in [1.807, 2.05) is 18.2 Å². The summed E-state index contributed by atoms with van der Waals surface area (Å²) < 4.78 is 0.806. The molecule has 1 aliphatic heterocycles. The maximum absolute atomic E-state index is 12.2. The first-order chi connectivity index (χ1) is 7.68. The van der Waals surface area contributed by atoms with Crippen molar-refractivity contribution in [2.45, 2.75) is 18.9 Å². The zero-order valence-electron chi connectivity index (χ0n) is 8.90. The Bertz CT molecular complexity index is 394. The highest BCUT2D eigenvalue weighted by Gasteiger charge is 2.23. The van der Waals surface area contributed by atoms with Crippen molar-refractivity contribution in [3.05, 3.63) is 34.3 Å². The maximum Gasteiger partial charge on any atom is 0.255 e. The molecule has 0 aliphatic carbocycles. The van der Waals surface area contributed by atoms with Gasteiger partial charge >= 0.3 is 0 Å². The number of nitrogens with zero attached hydrogens (tertiary/aromatic N) is 1. The molecule has 1 unspecified atom stereocenters. The molecule has 16 heavy (non-hydrogen) atoms. The highest BCUT2D eigenvalue weighted by atomic mass is 79.9. The molecule has 2 rings (SSSR count). The minimum Gasteiger partial charge on any atom is -0.391 e. The van der Waals surface area contributed by atoms with E-state index in [4.69, 9.17) is 0 Å². The number of piperidine rings is 1. The molecule has 1 heterocycles. The topological polar surface area (TPSA) is 40.5 Å². The van der Waals surface area contributed by atoms with Gasteiger partial charge in [0, 0.05) is 17.6 Å². The van der Waals surface area contributed by atoms with Gasteiger partial charge in [0.2, 0.25) is 0 Å². The number of β-amino-alcohol motifs (C(OH)–C–C–N with tert-alkyl or cyclic N) is 1. The van der Waals surface area contributed by atoms with E-state index in [1.165, 1.54) is 0 Å². The van der Waals surface area contributed by atoms with Crippen LogP contribution in [0, 0.1) is 0 Å². The van der Waals surface area contributed by atoms with E-state index in [0.717, 1.165) is 23.9 Å². The zero-order chi connectivity index (χ0) is 11.5. The molecule has 4 heteroatoms. The number of amides is 1. The molecule has 1 aromatic carbocycles. The van der Waals surface area contributed by atoms with Crippen LogP contribution in [-0.2, 0) is 0 Å². The van der Waals surface area contributed by atoms with Crippen LogP contribution >= 0.6 is 15.9 Å². The Balaban J connectivity index is 2.16. The second kappa shape index (κ2) is 4.97. The van der Waals surface area contributed by atoms with Gasteiger partial charge in [0.15, 0.2) is 0 Å². The minimum absolute atomic E-state index is 0.00812. The van der Waals surface area contributed by atoms with E-state index in [0.29, 0.717) is 12.1 Å². The summed E-state index contributed by atoms with van der Waals surface area (Å²) in [6.45, 7) is 1.18. The SMILES string of the molecule is O=C(c1ccccc1Br)N1CCCC(O)C1. The molecule has 3 nitrogen and oxygen atoms in total. The van der Waals surface area contributed by atoms with Crippen LogP contribution in [0.4, 0.5) is 0 Å². The number of rotatable bonds is 1. The lowest BCUT2D eigenvalue weighted by Gasteiger charge is -2.30. The molecule has 1 atom stereocenters. The quantitative estimate of drug-likeness (QED) is 0.857. The summed E-state index contributed by atoms with van der Waals surface area (Å²) in [5.41, 5.74) is 0.664. The lowest BCUT2D eigenvalue weighted by molar-refractivity contribution is 0.0473. The third-order valence-electron chi connectivity index (χ3n) is 2.79. The molecule has 1 fully saturated rings. The van der Waals surface area contributed by atoms with Crippen LogP contribution in [0.2, 0.25) is 0 Å². The van der Waals surface area contributed by atoms with Crippen molar-refractivity contribution in [3.63, 3.8) is 0 Å². The summed E-state index contributed by atoms with van der Waals surface area (Å²) in [7, 11) is 0. The first-order valence-corrected chi connectivity index (χ1v) is 6.19. The van der Waals surface area contributed by atoms with E-state index < -0.39 is 0 Å². The molecule has 0 spiro atoms. The number of likely N-dealkylation sites (tertiary alicyclic amines) is 1. The highest BCUT2D eigenvalue weighted by molar-refractivity contribution is 9.10. The summed E-state index contributed by atoms with van der Waals surface area (Å²) >= 11 is 3.37. The fourth-order valence-electron chi connectivity index (χ4n) is 1.94. The smallest absolute Gasteiger partial charge is 0.255 e. The third kappa shape index (κ3) is 2.44. The van der Waals surface area contributed by atoms with Gasteiger partial charge in [-0.05, 0) is 40.9 Å². The Hall–Kier alpha value is -0.870. The zero-order valence-corrected chi connectivity index (χ0v) is 10.5. The fraction of sp³-hybridized carbons (Fsp3) is 0.417. The Morgan fingerprint density at radius 1 is 1.44 bits per heavy atom. The lowest BCUT2D eigenvalue weighted by Crippen LogP contribution is -2.42. The average Bonchev–Trinajstić information content (AvgIpc) is 2.29. The van der Waals surface area contributed by atoms with Gasteiger partial charge in [-0.3, -0.25) is 4.79 Å². The van der Waals surface area contributed by atoms with Gasteiger partial charge < -0.3 is 10.0 Å². The summed E-state index contributed by atoms with van der Waals surface area (Å²) in [6, 6.07) is 7.38. The molecule has 0 bridgehead atoms. The molecular formula is C12H14BrNO2. The number of aliphatic hydroxyl groups is 1. The molecule has 1 aliphatic rings. The second-order valence-electron chi connectivity index (χ2n) is 4.03. The van der Waals surface area contributed by atoms with Crippen molar-refractivity contribution < 1.29 is 9.90 Å². The Labute approximate surface area is 103 Å². The van der Waals surface area contributed by atoms with E-state index in [1.54, 1.807) is 11.0 Å². The normalized spacial score (nSPS) is 20.9. The summed E-state index contributed by atoms with van der Waals surface area (Å²) in [5.74, 6) is -0.00812. The molecule has 86 valence electrons. The number of hydrogen-bond donors (Lipinski definition) is 1. The van der Waals surface area contributed by atoms with Gasteiger partial charge in [-0.1, -0.05) is 12.1 Å². The summed E-state index contributed by atoms with van der Waals surface area (Å²) in [6.07, 6.45) is 1.29. The largest absolute Gasteiger partial charge is 0.391 e. The number of benzene rings is 1. The molecular weight excluding hydrogens is 270 g/mol. The van der Waals surface area contributed by atoms with Gasteiger partial charge in [-0.15, -0.1) is 0 Å². The summed E-state index contributed by atoms with van der Waals surface area (Å²) in [4.78, 5) is 13.9. The van der Waals surface area contributed by atoms with Crippen LogP contribution in [0.15, 0.2) is 28.7 Å². The predicted octanol–water partition coefficient (Wildman–Crippen LogP) is 2.05. The van der Waals surface area contributed by atoms with E-state index in [2.05, 4.69) is 15.9 Å². The lowest BCUT2D eigenvalue weighted by atomic mass is 10.1. The standard InChI is InChI=1S/C12H14BrNO2/c13-11-6-2-1-5-10(11)12(16)14-7-3-4-9(15)8-14/h1-2,5-6,9,15H,3-4,7-8H2. The molecule has 0 saturated carbocycles. The van der Waals surface area contributed by atoms with Crippen LogP contribution < -0.4 is 0 Å². The maximum atomic E-state index is 12.2. The van der Waals surface area contributed by atoms with Gasteiger partial charge in [-0.2, -0.15) is 0 Å². The van der Waals surface area contributed by atoms with Crippen LogP contribution in [0.3, 0.4) is 0 Å². The molecule has 1 saturated heterocycles. The number of halogens is 1. The number of aliphatic hydroxyl groups excluding tert-OH is 1. The minimum atomic E-state index is -0.375. The molecule has 0 aromatic heterocycles. The van der Waals surface area contributed by atoms with Crippen molar-refractivity contribution in [1.29, 1.82) is 0 Å². The molecule has 0 radical (unpaired) electrons. The first-order valence-electron chi connectivity index (χ1n) is 5.40. The summed E-state index contributed by atoms with van der Waals surface area (Å²) in [5, 5.41) is 9.54. The molecule has 1 amide bonds. The van der Waals surface area contributed by atoms with Crippen LogP contribution in [0.1, 0.15) is 23.2 Å². The van der Waals surface area contributed by atoms with Crippen LogP contribution in [0.25, 0.3) is 0 Å². The molecule has 1 N–H and O–H groups in total. The highest BCUT2D eigenvalue weighted by Crippen LogP contribution is 2.20.